The summed E-state index contributed by atoms with van der Waals surface area (Å²) in [5.74, 6) is 0.163. The Bertz CT molecular complexity index is 1210. The fourth-order valence-electron chi connectivity index (χ4n) is 3.97. The summed E-state index contributed by atoms with van der Waals surface area (Å²) in [5.41, 5.74) is 1.59. The van der Waals surface area contributed by atoms with Gasteiger partial charge in [0.15, 0.2) is 0 Å². The van der Waals surface area contributed by atoms with E-state index in [4.69, 9.17) is 14.2 Å². The van der Waals surface area contributed by atoms with Gasteiger partial charge in [0.1, 0.15) is 23.0 Å². The summed E-state index contributed by atoms with van der Waals surface area (Å²) < 4.78 is 15.9. The molecular weight excluding hydrogens is 434 g/mol. The average molecular weight is 459 g/mol. The van der Waals surface area contributed by atoms with Crippen LogP contribution in [0.5, 0.6) is 17.2 Å². The van der Waals surface area contributed by atoms with E-state index in [0.717, 1.165) is 0 Å². The topological polar surface area (TPSA) is 85.3 Å². The summed E-state index contributed by atoms with van der Waals surface area (Å²) in [7, 11) is 3.11. The van der Waals surface area contributed by atoms with Crippen molar-refractivity contribution in [2.45, 2.75) is 13.0 Å². The van der Waals surface area contributed by atoms with Gasteiger partial charge in [-0.05, 0) is 73.2 Å². The smallest absolute Gasteiger partial charge is 0.300 e. The number of ketones is 1. The van der Waals surface area contributed by atoms with Crippen LogP contribution in [0.25, 0.3) is 5.76 Å². The molecule has 1 amide bonds. The minimum atomic E-state index is -0.828. The third-order valence-corrected chi connectivity index (χ3v) is 5.67. The largest absolute Gasteiger partial charge is 0.507 e. The predicted octanol–water partition coefficient (Wildman–Crippen LogP) is 4.73. The van der Waals surface area contributed by atoms with Gasteiger partial charge in [-0.25, -0.2) is 0 Å². The van der Waals surface area contributed by atoms with Gasteiger partial charge in [-0.15, -0.1) is 0 Å². The van der Waals surface area contributed by atoms with E-state index in [-0.39, 0.29) is 11.3 Å². The van der Waals surface area contributed by atoms with Crippen LogP contribution in [0.3, 0.4) is 0 Å². The fraction of sp³-hybridized carbons (Fsp3) is 0.185. The van der Waals surface area contributed by atoms with Crippen LogP contribution in [0.2, 0.25) is 0 Å². The highest BCUT2D eigenvalue weighted by Gasteiger charge is 2.47. The Morgan fingerprint density at radius 2 is 1.35 bits per heavy atom. The molecule has 34 heavy (non-hydrogen) atoms. The third-order valence-electron chi connectivity index (χ3n) is 5.67. The van der Waals surface area contributed by atoms with Crippen molar-refractivity contribution < 1.29 is 28.9 Å². The number of amides is 1. The molecule has 0 radical (unpaired) electrons. The van der Waals surface area contributed by atoms with Gasteiger partial charge < -0.3 is 19.3 Å². The van der Waals surface area contributed by atoms with Crippen molar-refractivity contribution in [3.63, 3.8) is 0 Å². The molecule has 7 nitrogen and oxygen atoms in total. The van der Waals surface area contributed by atoms with E-state index in [1.165, 1.54) is 4.90 Å². The van der Waals surface area contributed by atoms with Crippen molar-refractivity contribution >= 4 is 23.1 Å². The van der Waals surface area contributed by atoms with Crippen LogP contribution in [-0.2, 0) is 9.59 Å². The average Bonchev–Trinajstić information content (AvgIpc) is 3.14. The Morgan fingerprint density at radius 3 is 1.88 bits per heavy atom. The van der Waals surface area contributed by atoms with Crippen molar-refractivity contribution in [3.05, 3.63) is 89.5 Å². The van der Waals surface area contributed by atoms with Gasteiger partial charge in [0, 0.05) is 11.3 Å². The highest BCUT2D eigenvalue weighted by Crippen LogP contribution is 2.42. The molecule has 1 heterocycles. The standard InChI is InChI=1S/C27H25NO6/c1-4-34-22-13-7-18(8-14-22)25(29)23-24(17-5-11-20(32-2)12-6-17)28(27(31)26(23)30)19-9-15-21(33-3)16-10-19/h5-16,24,29H,4H2,1-3H3/t24-/m1/s1. The second-order valence-electron chi connectivity index (χ2n) is 7.60. The van der Waals surface area contributed by atoms with Crippen LogP contribution in [0.15, 0.2) is 78.4 Å². The van der Waals surface area contributed by atoms with E-state index >= 15 is 0 Å². The third kappa shape index (κ3) is 4.20. The van der Waals surface area contributed by atoms with Crippen LogP contribution in [0, 0.1) is 0 Å². The molecule has 0 aliphatic carbocycles. The number of nitrogens with zero attached hydrogens (tertiary/aromatic N) is 1. The zero-order valence-corrected chi connectivity index (χ0v) is 19.1. The quantitative estimate of drug-likeness (QED) is 0.312. The second kappa shape index (κ2) is 9.70. The number of ether oxygens (including phenoxy) is 3. The fourth-order valence-corrected chi connectivity index (χ4v) is 3.97. The maximum Gasteiger partial charge on any atom is 0.300 e. The van der Waals surface area contributed by atoms with Crippen LogP contribution in [-0.4, -0.2) is 37.6 Å². The van der Waals surface area contributed by atoms with E-state index < -0.39 is 17.7 Å². The first-order valence-corrected chi connectivity index (χ1v) is 10.8. The minimum absolute atomic E-state index is 0.00939. The number of carbonyl (C=O) groups excluding carboxylic acids is 2. The summed E-state index contributed by atoms with van der Waals surface area (Å²) in [6.45, 7) is 2.39. The van der Waals surface area contributed by atoms with Crippen molar-refractivity contribution in [1.82, 2.24) is 0 Å². The normalized spacial score (nSPS) is 17.0. The number of rotatable bonds is 7. The van der Waals surface area contributed by atoms with Gasteiger partial charge in [-0.2, -0.15) is 0 Å². The van der Waals surface area contributed by atoms with E-state index in [2.05, 4.69) is 0 Å². The van der Waals surface area contributed by atoms with Gasteiger partial charge in [0.25, 0.3) is 11.7 Å². The number of aliphatic hydroxyl groups excluding tert-OH is 1. The molecule has 0 unspecified atom stereocenters. The Kier molecular flexibility index (Phi) is 6.54. The SMILES string of the molecule is CCOc1ccc(C(O)=C2C(=O)C(=O)N(c3ccc(OC)cc3)[C@@H]2c2ccc(OC)cc2)cc1. The number of hydrogen-bond acceptors (Lipinski definition) is 6. The number of hydrogen-bond donors (Lipinski definition) is 1. The van der Waals surface area contributed by atoms with Crippen LogP contribution in [0.1, 0.15) is 24.1 Å². The van der Waals surface area contributed by atoms with Crippen LogP contribution < -0.4 is 19.1 Å². The number of Topliss-reactive ketones (excluding diaryl/α,β-unsaturated/α-hetero) is 1. The van der Waals surface area contributed by atoms with E-state index in [0.29, 0.717) is 40.7 Å². The predicted molar refractivity (Wildman–Crippen MR) is 128 cm³/mol. The zero-order chi connectivity index (χ0) is 24.2. The minimum Gasteiger partial charge on any atom is -0.507 e. The van der Waals surface area contributed by atoms with E-state index in [1.807, 2.05) is 6.92 Å². The summed E-state index contributed by atoms with van der Waals surface area (Å²) in [6.07, 6.45) is 0. The molecule has 1 aliphatic heterocycles. The van der Waals surface area contributed by atoms with Crippen LogP contribution in [0.4, 0.5) is 5.69 Å². The van der Waals surface area contributed by atoms with Gasteiger partial charge in [0.2, 0.25) is 0 Å². The molecule has 0 bridgehead atoms. The van der Waals surface area contributed by atoms with Crippen LogP contribution >= 0.6 is 0 Å². The Morgan fingerprint density at radius 1 is 0.824 bits per heavy atom. The van der Waals surface area contributed by atoms with Crippen molar-refractivity contribution in [2.24, 2.45) is 0 Å². The second-order valence-corrected chi connectivity index (χ2v) is 7.60. The highest BCUT2D eigenvalue weighted by molar-refractivity contribution is 6.51. The first-order valence-electron chi connectivity index (χ1n) is 10.8. The number of carbonyl (C=O) groups is 2. The molecule has 0 aromatic heterocycles. The van der Waals surface area contributed by atoms with Gasteiger partial charge in [0.05, 0.1) is 32.4 Å². The molecule has 1 aliphatic rings. The molecule has 174 valence electrons. The lowest BCUT2D eigenvalue weighted by Crippen LogP contribution is -2.29. The molecule has 3 aromatic carbocycles. The summed E-state index contributed by atoms with van der Waals surface area (Å²) in [5, 5.41) is 11.2. The maximum atomic E-state index is 13.2. The maximum absolute atomic E-state index is 13.2. The van der Waals surface area contributed by atoms with Gasteiger partial charge >= 0.3 is 0 Å². The molecule has 0 saturated carbocycles. The number of benzene rings is 3. The van der Waals surface area contributed by atoms with E-state index in [9.17, 15) is 14.7 Å². The molecular formula is C27H25NO6. The Labute approximate surface area is 197 Å². The highest BCUT2D eigenvalue weighted by atomic mass is 16.5. The molecule has 7 heteroatoms. The van der Waals surface area contributed by atoms with Crippen molar-refractivity contribution in [2.75, 3.05) is 25.7 Å². The van der Waals surface area contributed by atoms with E-state index in [1.54, 1.807) is 87.0 Å². The molecule has 1 atom stereocenters. The molecule has 1 saturated heterocycles. The molecule has 3 aromatic rings. The molecule has 1 N–H and O–H groups in total. The monoisotopic (exact) mass is 459 g/mol. The summed E-state index contributed by atoms with van der Waals surface area (Å²) in [4.78, 5) is 27.8. The lowest BCUT2D eigenvalue weighted by Gasteiger charge is -2.25. The van der Waals surface area contributed by atoms with Gasteiger partial charge in [-0.1, -0.05) is 12.1 Å². The lowest BCUT2D eigenvalue weighted by molar-refractivity contribution is -0.132. The summed E-state index contributed by atoms with van der Waals surface area (Å²) >= 11 is 0. The number of methoxy groups -OCH3 is 2. The Hall–Kier alpha value is -4.26. The van der Waals surface area contributed by atoms with Gasteiger partial charge in [-0.3, -0.25) is 14.5 Å². The van der Waals surface area contributed by atoms with Crippen molar-refractivity contribution in [1.29, 1.82) is 0 Å². The first-order chi connectivity index (χ1) is 16.5. The lowest BCUT2D eigenvalue weighted by atomic mass is 9.95. The number of anilines is 1. The number of aliphatic hydroxyl groups is 1. The molecule has 4 rings (SSSR count). The summed E-state index contributed by atoms with van der Waals surface area (Å²) in [6, 6.07) is 19.8. The molecule has 0 spiro atoms. The first kappa shape index (κ1) is 22.9. The molecule has 1 fully saturated rings. The van der Waals surface area contributed by atoms with Crippen molar-refractivity contribution in [3.8, 4) is 17.2 Å². The Balaban J connectivity index is 1.86. The zero-order valence-electron chi connectivity index (χ0n) is 19.1.